The summed E-state index contributed by atoms with van der Waals surface area (Å²) in [5.74, 6) is 0. The molecule has 4 nitrogen and oxygen atoms in total. The van der Waals surface area contributed by atoms with Crippen LogP contribution in [0.1, 0.15) is 46.5 Å². The van der Waals surface area contributed by atoms with Gasteiger partial charge in [0.05, 0.1) is 0 Å². The Labute approximate surface area is 118 Å². The number of piperidine rings is 1. The Morgan fingerprint density at radius 2 is 1.68 bits per heavy atom. The molecule has 4 heteroatoms. The van der Waals surface area contributed by atoms with Crippen LogP contribution in [0.4, 0.5) is 0 Å². The Kier molecular flexibility index (Phi) is 9.43. The maximum absolute atomic E-state index is 5.53. The van der Waals surface area contributed by atoms with Crippen molar-refractivity contribution < 1.29 is 9.47 Å². The lowest BCUT2D eigenvalue weighted by Crippen LogP contribution is -2.43. The van der Waals surface area contributed by atoms with Crippen LogP contribution in [-0.2, 0) is 9.47 Å². The highest BCUT2D eigenvalue weighted by Crippen LogP contribution is 2.11. The first-order valence-corrected chi connectivity index (χ1v) is 7.95. The van der Waals surface area contributed by atoms with Gasteiger partial charge in [-0.3, -0.25) is 4.90 Å². The molecule has 19 heavy (non-hydrogen) atoms. The van der Waals surface area contributed by atoms with Gasteiger partial charge in [-0.1, -0.05) is 6.42 Å². The number of nitrogens with zero attached hydrogens (tertiary/aromatic N) is 1. The molecule has 0 aromatic rings. The largest absolute Gasteiger partial charge is 0.353 e. The van der Waals surface area contributed by atoms with Crippen molar-refractivity contribution in [1.82, 2.24) is 10.2 Å². The minimum Gasteiger partial charge on any atom is -0.353 e. The van der Waals surface area contributed by atoms with Crippen molar-refractivity contribution in [2.45, 2.75) is 58.8 Å². The van der Waals surface area contributed by atoms with Crippen LogP contribution in [0.3, 0.4) is 0 Å². The number of hydrogen-bond donors (Lipinski definition) is 1. The third-order valence-corrected chi connectivity index (χ3v) is 3.72. The zero-order valence-electron chi connectivity index (χ0n) is 13.0. The summed E-state index contributed by atoms with van der Waals surface area (Å²) in [4.78, 5) is 2.60. The van der Waals surface area contributed by atoms with Crippen LogP contribution in [0.25, 0.3) is 0 Å². The lowest BCUT2D eigenvalue weighted by molar-refractivity contribution is -0.138. The van der Waals surface area contributed by atoms with E-state index in [0.29, 0.717) is 6.04 Å². The van der Waals surface area contributed by atoms with Crippen molar-refractivity contribution >= 4 is 0 Å². The van der Waals surface area contributed by atoms with E-state index in [0.717, 1.165) is 32.7 Å². The third kappa shape index (κ3) is 7.25. The third-order valence-electron chi connectivity index (χ3n) is 3.72. The quantitative estimate of drug-likeness (QED) is 0.488. The Hall–Kier alpha value is -0.160. The lowest BCUT2D eigenvalue weighted by Gasteiger charge is -2.32. The van der Waals surface area contributed by atoms with Crippen LogP contribution in [0.15, 0.2) is 0 Å². The number of likely N-dealkylation sites (tertiary alicyclic amines) is 1. The van der Waals surface area contributed by atoms with Crippen LogP contribution in [0.2, 0.25) is 0 Å². The summed E-state index contributed by atoms with van der Waals surface area (Å²) in [5, 5.41) is 3.53. The normalized spacial score (nSPS) is 18.9. The molecule has 0 aliphatic carbocycles. The molecule has 1 N–H and O–H groups in total. The lowest BCUT2D eigenvalue weighted by atomic mass is 10.1. The summed E-state index contributed by atoms with van der Waals surface area (Å²) < 4.78 is 11.1. The van der Waals surface area contributed by atoms with Gasteiger partial charge in [-0.25, -0.2) is 0 Å². The van der Waals surface area contributed by atoms with Gasteiger partial charge < -0.3 is 14.8 Å². The highest BCUT2D eigenvalue weighted by molar-refractivity contribution is 4.73. The van der Waals surface area contributed by atoms with Gasteiger partial charge in [-0.15, -0.1) is 0 Å². The van der Waals surface area contributed by atoms with Gasteiger partial charge in [0.1, 0.15) is 0 Å². The smallest absolute Gasteiger partial charge is 0.158 e. The first-order valence-electron chi connectivity index (χ1n) is 7.95. The molecular formula is C15H32N2O2. The fraction of sp³-hybridized carbons (Fsp3) is 1.00. The number of nitrogens with one attached hydrogen (secondary N) is 1. The van der Waals surface area contributed by atoms with E-state index >= 15 is 0 Å². The molecule has 0 spiro atoms. The van der Waals surface area contributed by atoms with Crippen LogP contribution in [-0.4, -0.2) is 56.6 Å². The maximum atomic E-state index is 5.53. The summed E-state index contributed by atoms with van der Waals surface area (Å²) >= 11 is 0. The summed E-state index contributed by atoms with van der Waals surface area (Å²) in [6, 6.07) is 0.637. The van der Waals surface area contributed by atoms with Crippen LogP contribution in [0, 0.1) is 0 Å². The zero-order chi connectivity index (χ0) is 13.9. The van der Waals surface area contributed by atoms with Gasteiger partial charge in [0.25, 0.3) is 0 Å². The second-order valence-electron chi connectivity index (χ2n) is 5.28. The minimum absolute atomic E-state index is 0.0483. The van der Waals surface area contributed by atoms with E-state index in [9.17, 15) is 0 Å². The van der Waals surface area contributed by atoms with E-state index in [2.05, 4.69) is 17.1 Å². The van der Waals surface area contributed by atoms with Gasteiger partial charge in [0.2, 0.25) is 0 Å². The van der Waals surface area contributed by atoms with Gasteiger partial charge in [-0.2, -0.15) is 0 Å². The molecule has 1 aliphatic rings. The molecular weight excluding hydrogens is 240 g/mol. The number of ether oxygens (including phenoxy) is 2. The average Bonchev–Trinajstić information content (AvgIpc) is 2.44. The van der Waals surface area contributed by atoms with Gasteiger partial charge in [0.15, 0.2) is 6.29 Å². The van der Waals surface area contributed by atoms with Crippen molar-refractivity contribution in [3.63, 3.8) is 0 Å². The first-order chi connectivity index (χ1) is 9.27. The summed E-state index contributed by atoms with van der Waals surface area (Å²) in [6.45, 7) is 12.3. The van der Waals surface area contributed by atoms with Gasteiger partial charge in [-0.05, 0) is 46.7 Å². The molecule has 1 unspecified atom stereocenters. The fourth-order valence-electron chi connectivity index (χ4n) is 2.61. The molecule has 1 fully saturated rings. The highest BCUT2D eigenvalue weighted by atomic mass is 16.7. The number of hydrogen-bond acceptors (Lipinski definition) is 4. The van der Waals surface area contributed by atoms with E-state index in [4.69, 9.17) is 9.47 Å². The standard InChI is InChI=1S/C15H32N2O2/c1-4-18-15(19-5-2)9-10-16-13-14(3)17-11-7-6-8-12-17/h14-16H,4-13H2,1-3H3. The minimum atomic E-state index is -0.0483. The van der Waals surface area contributed by atoms with E-state index < -0.39 is 0 Å². The zero-order valence-corrected chi connectivity index (χ0v) is 13.0. The fourth-order valence-corrected chi connectivity index (χ4v) is 2.61. The van der Waals surface area contributed by atoms with Crippen LogP contribution in [0.5, 0.6) is 0 Å². The molecule has 0 aromatic heterocycles. The van der Waals surface area contributed by atoms with Gasteiger partial charge in [0, 0.05) is 38.8 Å². The Balaban J connectivity index is 2.07. The highest BCUT2D eigenvalue weighted by Gasteiger charge is 2.16. The molecule has 1 rings (SSSR count). The molecule has 1 heterocycles. The molecule has 0 saturated carbocycles. The molecule has 0 aromatic carbocycles. The van der Waals surface area contributed by atoms with Crippen LogP contribution < -0.4 is 5.32 Å². The van der Waals surface area contributed by atoms with Crippen molar-refractivity contribution in [3.8, 4) is 0 Å². The van der Waals surface area contributed by atoms with Crippen molar-refractivity contribution in [2.24, 2.45) is 0 Å². The maximum Gasteiger partial charge on any atom is 0.158 e. The Bertz CT molecular complexity index is 202. The number of rotatable bonds is 10. The monoisotopic (exact) mass is 272 g/mol. The van der Waals surface area contributed by atoms with E-state index in [1.807, 2.05) is 13.8 Å². The second kappa shape index (κ2) is 10.6. The summed E-state index contributed by atoms with van der Waals surface area (Å²) in [5.41, 5.74) is 0. The topological polar surface area (TPSA) is 33.7 Å². The van der Waals surface area contributed by atoms with E-state index in [-0.39, 0.29) is 6.29 Å². The predicted molar refractivity (Wildman–Crippen MR) is 79.4 cm³/mol. The molecule has 1 atom stereocenters. The molecule has 1 saturated heterocycles. The van der Waals surface area contributed by atoms with E-state index in [1.54, 1.807) is 0 Å². The SMILES string of the molecule is CCOC(CCNCC(C)N1CCCCC1)OCC. The Morgan fingerprint density at radius 1 is 1.05 bits per heavy atom. The van der Waals surface area contributed by atoms with Gasteiger partial charge >= 0.3 is 0 Å². The Morgan fingerprint density at radius 3 is 2.26 bits per heavy atom. The second-order valence-corrected chi connectivity index (χ2v) is 5.28. The van der Waals surface area contributed by atoms with Crippen LogP contribution >= 0.6 is 0 Å². The summed E-state index contributed by atoms with van der Waals surface area (Å²) in [7, 11) is 0. The van der Waals surface area contributed by atoms with Crippen molar-refractivity contribution in [2.75, 3.05) is 39.4 Å². The predicted octanol–water partition coefficient (Wildman–Crippen LogP) is 2.24. The molecule has 0 bridgehead atoms. The molecule has 0 amide bonds. The van der Waals surface area contributed by atoms with Crippen molar-refractivity contribution in [1.29, 1.82) is 0 Å². The average molecular weight is 272 g/mol. The molecule has 0 radical (unpaired) electrons. The summed E-state index contributed by atoms with van der Waals surface area (Å²) in [6.07, 6.45) is 5.00. The first kappa shape index (κ1) is 16.9. The molecule has 1 aliphatic heterocycles. The molecule has 114 valence electrons. The van der Waals surface area contributed by atoms with Crippen molar-refractivity contribution in [3.05, 3.63) is 0 Å². The van der Waals surface area contributed by atoms with E-state index in [1.165, 1.54) is 32.4 Å².